The summed E-state index contributed by atoms with van der Waals surface area (Å²) in [5.74, 6) is 1.16. The van der Waals surface area contributed by atoms with Gasteiger partial charge in [0.05, 0.1) is 11.7 Å². The molecule has 2 rings (SSSR count). The van der Waals surface area contributed by atoms with Gasteiger partial charge in [0.1, 0.15) is 18.5 Å². The molecule has 4 heteroatoms. The smallest absolute Gasteiger partial charge is 0.119 e. The predicted octanol–water partition coefficient (Wildman–Crippen LogP) is 3.43. The number of aryl methyl sites for hydroxylation is 2. The summed E-state index contributed by atoms with van der Waals surface area (Å²) in [6.07, 6.45) is 1.24. The first-order chi connectivity index (χ1) is 11.5. The summed E-state index contributed by atoms with van der Waals surface area (Å²) in [7, 11) is 0. The fourth-order valence-electron chi connectivity index (χ4n) is 2.62. The van der Waals surface area contributed by atoms with Crippen LogP contribution in [0.25, 0.3) is 0 Å². The lowest BCUT2D eigenvalue weighted by Gasteiger charge is -2.25. The Morgan fingerprint density at radius 3 is 2.46 bits per heavy atom. The lowest BCUT2D eigenvalue weighted by atomic mass is 9.97. The minimum atomic E-state index is -0.573. The third kappa shape index (κ3) is 5.32. The molecule has 0 saturated heterocycles. The summed E-state index contributed by atoms with van der Waals surface area (Å²) >= 11 is 0. The van der Waals surface area contributed by atoms with E-state index < -0.39 is 6.10 Å². The Morgan fingerprint density at radius 2 is 1.83 bits per heavy atom. The predicted molar refractivity (Wildman–Crippen MR) is 97.2 cm³/mol. The van der Waals surface area contributed by atoms with Crippen molar-refractivity contribution in [1.29, 1.82) is 0 Å². The highest BCUT2D eigenvalue weighted by Gasteiger charge is 2.19. The molecule has 0 bridgehead atoms. The summed E-state index contributed by atoms with van der Waals surface area (Å²) in [6, 6.07) is 12.0. The van der Waals surface area contributed by atoms with Gasteiger partial charge in [0.2, 0.25) is 0 Å². The van der Waals surface area contributed by atoms with Crippen LogP contribution in [0.3, 0.4) is 0 Å². The van der Waals surface area contributed by atoms with E-state index in [1.807, 2.05) is 43.5 Å². The highest BCUT2D eigenvalue weighted by molar-refractivity contribution is 5.26. The molecule has 0 aliphatic carbocycles. The Bertz CT molecular complexity index is 626. The Balaban J connectivity index is 1.87. The monoisotopic (exact) mass is 328 g/mol. The van der Waals surface area contributed by atoms with Gasteiger partial charge < -0.3 is 15.2 Å². The molecule has 24 heavy (non-hydrogen) atoms. The molecule has 1 aromatic heterocycles. The van der Waals surface area contributed by atoms with Gasteiger partial charge >= 0.3 is 0 Å². The van der Waals surface area contributed by atoms with Gasteiger partial charge in [-0.3, -0.25) is 4.98 Å². The molecule has 0 radical (unpaired) electrons. The summed E-state index contributed by atoms with van der Waals surface area (Å²) in [4.78, 5) is 4.50. The molecule has 0 fully saturated rings. The van der Waals surface area contributed by atoms with E-state index in [1.165, 1.54) is 5.56 Å². The first-order valence-corrected chi connectivity index (χ1v) is 8.49. The van der Waals surface area contributed by atoms with Crippen molar-refractivity contribution in [2.45, 2.75) is 39.8 Å². The number of benzene rings is 1. The van der Waals surface area contributed by atoms with E-state index in [1.54, 1.807) is 0 Å². The summed E-state index contributed by atoms with van der Waals surface area (Å²) < 4.78 is 5.64. The topological polar surface area (TPSA) is 54.4 Å². The van der Waals surface area contributed by atoms with Gasteiger partial charge in [-0.2, -0.15) is 0 Å². The zero-order valence-electron chi connectivity index (χ0n) is 15.0. The highest BCUT2D eigenvalue weighted by Crippen LogP contribution is 2.22. The Morgan fingerprint density at radius 1 is 1.12 bits per heavy atom. The van der Waals surface area contributed by atoms with Crippen molar-refractivity contribution in [2.75, 3.05) is 13.2 Å². The summed E-state index contributed by atoms with van der Waals surface area (Å²) in [5, 5.41) is 13.6. The second-order valence-electron chi connectivity index (χ2n) is 6.61. The number of hydrogen-bond donors (Lipinski definition) is 2. The van der Waals surface area contributed by atoms with Gasteiger partial charge in [0, 0.05) is 12.7 Å². The molecule has 2 unspecified atom stereocenters. The number of hydrogen-bond acceptors (Lipinski definition) is 4. The molecule has 1 heterocycles. The average Bonchev–Trinajstić information content (AvgIpc) is 2.56. The second-order valence-corrected chi connectivity index (χ2v) is 6.61. The average molecular weight is 328 g/mol. The van der Waals surface area contributed by atoms with Crippen molar-refractivity contribution in [3.8, 4) is 5.75 Å². The molecule has 0 aliphatic heterocycles. The number of aliphatic hydroxyl groups excluding tert-OH is 1. The maximum atomic E-state index is 10.2. The lowest BCUT2D eigenvalue weighted by molar-refractivity contribution is 0.101. The molecule has 2 atom stereocenters. The molecular weight excluding hydrogens is 300 g/mol. The van der Waals surface area contributed by atoms with Crippen molar-refractivity contribution in [3.05, 3.63) is 59.4 Å². The van der Waals surface area contributed by atoms with Crippen molar-refractivity contribution in [2.24, 2.45) is 5.92 Å². The normalized spacial score (nSPS) is 13.8. The molecule has 0 aliphatic rings. The van der Waals surface area contributed by atoms with Gasteiger partial charge in [-0.1, -0.05) is 37.6 Å². The molecule has 2 aromatic rings. The van der Waals surface area contributed by atoms with Crippen molar-refractivity contribution in [1.82, 2.24) is 10.3 Å². The van der Waals surface area contributed by atoms with Gasteiger partial charge in [0.15, 0.2) is 0 Å². The standard InChI is InChI=1S/C20H28N2O2/c1-14(2)19(20-16(4)6-5-11-21-20)22-12-17(23)13-24-18-9-7-15(3)8-10-18/h5-11,14,17,19,22-23H,12-13H2,1-4H3. The van der Waals surface area contributed by atoms with Crippen LogP contribution in [0.1, 0.15) is 36.7 Å². The first kappa shape index (κ1) is 18.4. The van der Waals surface area contributed by atoms with Crippen molar-refractivity contribution >= 4 is 0 Å². The number of aromatic nitrogens is 1. The second kappa shape index (κ2) is 8.81. The van der Waals surface area contributed by atoms with Gasteiger partial charge in [-0.25, -0.2) is 0 Å². The molecule has 2 N–H and O–H groups in total. The number of pyridine rings is 1. The van der Waals surface area contributed by atoms with Crippen LogP contribution in [0, 0.1) is 19.8 Å². The van der Waals surface area contributed by atoms with Gasteiger partial charge in [0.25, 0.3) is 0 Å². The number of nitrogens with zero attached hydrogens (tertiary/aromatic N) is 1. The maximum Gasteiger partial charge on any atom is 0.119 e. The largest absolute Gasteiger partial charge is 0.491 e. The van der Waals surface area contributed by atoms with Gasteiger partial charge in [-0.15, -0.1) is 0 Å². The zero-order chi connectivity index (χ0) is 17.5. The SMILES string of the molecule is Cc1ccc(OCC(O)CNC(c2ncccc2C)C(C)C)cc1. The van der Waals surface area contributed by atoms with Crippen LogP contribution in [0.5, 0.6) is 5.75 Å². The van der Waals surface area contributed by atoms with E-state index in [0.717, 1.165) is 17.0 Å². The van der Waals surface area contributed by atoms with Crippen LogP contribution >= 0.6 is 0 Å². The fourth-order valence-corrected chi connectivity index (χ4v) is 2.62. The molecule has 130 valence electrons. The van der Waals surface area contributed by atoms with Gasteiger partial charge in [-0.05, 0) is 43.5 Å². The quantitative estimate of drug-likeness (QED) is 0.779. The van der Waals surface area contributed by atoms with E-state index in [2.05, 4.69) is 37.1 Å². The third-order valence-corrected chi connectivity index (χ3v) is 4.05. The van der Waals surface area contributed by atoms with E-state index in [0.29, 0.717) is 12.5 Å². The van der Waals surface area contributed by atoms with E-state index in [4.69, 9.17) is 4.74 Å². The number of ether oxygens (including phenoxy) is 1. The van der Waals surface area contributed by atoms with E-state index in [-0.39, 0.29) is 12.6 Å². The fraction of sp³-hybridized carbons (Fsp3) is 0.450. The minimum Gasteiger partial charge on any atom is -0.491 e. The zero-order valence-corrected chi connectivity index (χ0v) is 15.0. The Labute approximate surface area is 144 Å². The Kier molecular flexibility index (Phi) is 6.76. The molecule has 1 aromatic carbocycles. The van der Waals surface area contributed by atoms with Crippen LogP contribution in [-0.2, 0) is 0 Å². The molecule has 0 spiro atoms. The Hall–Kier alpha value is -1.91. The van der Waals surface area contributed by atoms with Crippen LogP contribution in [0.2, 0.25) is 0 Å². The van der Waals surface area contributed by atoms with Crippen molar-refractivity contribution < 1.29 is 9.84 Å². The third-order valence-electron chi connectivity index (χ3n) is 4.05. The molecule has 4 nitrogen and oxygen atoms in total. The van der Waals surface area contributed by atoms with E-state index in [9.17, 15) is 5.11 Å². The van der Waals surface area contributed by atoms with E-state index >= 15 is 0 Å². The van der Waals surface area contributed by atoms with Crippen LogP contribution < -0.4 is 10.1 Å². The molecule has 0 amide bonds. The highest BCUT2D eigenvalue weighted by atomic mass is 16.5. The maximum absolute atomic E-state index is 10.2. The molecule has 0 saturated carbocycles. The minimum absolute atomic E-state index is 0.111. The van der Waals surface area contributed by atoms with Crippen LogP contribution in [-0.4, -0.2) is 29.3 Å². The number of nitrogens with one attached hydrogen (secondary N) is 1. The first-order valence-electron chi connectivity index (χ1n) is 8.49. The number of aliphatic hydroxyl groups is 1. The number of rotatable bonds is 8. The summed E-state index contributed by atoms with van der Waals surface area (Å²) in [6.45, 7) is 9.14. The van der Waals surface area contributed by atoms with Crippen LogP contribution in [0.4, 0.5) is 0 Å². The van der Waals surface area contributed by atoms with Crippen LogP contribution in [0.15, 0.2) is 42.6 Å². The van der Waals surface area contributed by atoms with Crippen molar-refractivity contribution in [3.63, 3.8) is 0 Å². The molecular formula is C20H28N2O2. The lowest BCUT2D eigenvalue weighted by Crippen LogP contribution is -2.36. The summed E-state index contributed by atoms with van der Waals surface area (Å²) in [5.41, 5.74) is 3.39.